The summed E-state index contributed by atoms with van der Waals surface area (Å²) in [5.41, 5.74) is 0.507. The first kappa shape index (κ1) is 11.2. The molecule has 0 atom stereocenters. The van der Waals surface area contributed by atoms with E-state index in [0.717, 1.165) is 4.90 Å². The lowest BCUT2D eigenvalue weighted by Crippen LogP contribution is -2.30. The van der Waals surface area contributed by atoms with Gasteiger partial charge in [0.05, 0.1) is 13.1 Å². The molecule has 7 nitrogen and oxygen atoms in total. The first-order chi connectivity index (χ1) is 7.99. The number of carbonyl (C=O) groups excluding carboxylic acids is 2. The maximum Gasteiger partial charge on any atom is 0.371 e. The van der Waals surface area contributed by atoms with E-state index in [9.17, 15) is 14.4 Å². The lowest BCUT2D eigenvalue weighted by molar-refractivity contribution is -0.125. The lowest BCUT2D eigenvalue weighted by Gasteiger charge is -2.10. The van der Waals surface area contributed by atoms with Gasteiger partial charge in [-0.05, 0) is 13.0 Å². The summed E-state index contributed by atoms with van der Waals surface area (Å²) in [6, 6.07) is 0.837. The first-order valence-corrected chi connectivity index (χ1v) is 4.90. The van der Waals surface area contributed by atoms with Gasteiger partial charge in [0.25, 0.3) is 0 Å². The van der Waals surface area contributed by atoms with E-state index in [2.05, 4.69) is 5.32 Å². The van der Waals surface area contributed by atoms with Crippen LogP contribution >= 0.6 is 0 Å². The molecule has 0 aromatic carbocycles. The molecule has 1 aromatic heterocycles. The molecule has 1 aliphatic rings. The van der Waals surface area contributed by atoms with Gasteiger partial charge in [-0.15, -0.1) is 0 Å². The number of imide groups is 1. The zero-order valence-corrected chi connectivity index (χ0v) is 9.02. The zero-order chi connectivity index (χ0) is 12.6. The number of nitrogens with zero attached hydrogens (tertiary/aromatic N) is 1. The summed E-state index contributed by atoms with van der Waals surface area (Å²) in [4.78, 5) is 34.3. The summed E-state index contributed by atoms with van der Waals surface area (Å²) in [7, 11) is 0. The number of rotatable bonds is 3. The van der Waals surface area contributed by atoms with Crippen molar-refractivity contribution in [2.24, 2.45) is 0 Å². The predicted octanol–water partition coefficient (Wildman–Crippen LogP) is 0.338. The number of hydrogen-bond acceptors (Lipinski definition) is 4. The van der Waals surface area contributed by atoms with Crippen LogP contribution in [-0.2, 0) is 11.3 Å². The molecule has 0 saturated carbocycles. The Labute approximate surface area is 96.0 Å². The van der Waals surface area contributed by atoms with Crippen LogP contribution in [0, 0.1) is 6.92 Å². The maximum atomic E-state index is 11.3. The average Bonchev–Trinajstić information content (AvgIpc) is 2.77. The SMILES string of the molecule is Cc1oc(C(=O)O)cc1CN1C(=O)CNC1=O. The molecule has 0 unspecified atom stereocenters. The number of carbonyl (C=O) groups is 3. The van der Waals surface area contributed by atoms with Gasteiger partial charge in [0.1, 0.15) is 5.76 Å². The summed E-state index contributed by atoms with van der Waals surface area (Å²) in [5, 5.41) is 11.1. The van der Waals surface area contributed by atoms with Gasteiger partial charge < -0.3 is 14.8 Å². The van der Waals surface area contributed by atoms with Crippen molar-refractivity contribution in [3.05, 3.63) is 23.2 Å². The lowest BCUT2D eigenvalue weighted by atomic mass is 10.2. The highest BCUT2D eigenvalue weighted by Crippen LogP contribution is 2.17. The molecular formula is C10H10N2O5. The maximum absolute atomic E-state index is 11.3. The third kappa shape index (κ3) is 1.99. The molecular weight excluding hydrogens is 228 g/mol. The van der Waals surface area contributed by atoms with E-state index < -0.39 is 12.0 Å². The van der Waals surface area contributed by atoms with Gasteiger partial charge in [-0.2, -0.15) is 0 Å². The van der Waals surface area contributed by atoms with Crippen molar-refractivity contribution in [1.82, 2.24) is 10.2 Å². The minimum absolute atomic E-state index is 0.0211. The Hall–Kier alpha value is -2.31. The van der Waals surface area contributed by atoms with E-state index in [-0.39, 0.29) is 24.8 Å². The third-order valence-corrected chi connectivity index (χ3v) is 2.50. The van der Waals surface area contributed by atoms with Crippen molar-refractivity contribution in [3.63, 3.8) is 0 Å². The van der Waals surface area contributed by atoms with Crippen molar-refractivity contribution in [1.29, 1.82) is 0 Å². The number of hydrogen-bond donors (Lipinski definition) is 2. The van der Waals surface area contributed by atoms with Gasteiger partial charge in [0, 0.05) is 5.56 Å². The molecule has 3 amide bonds. The Morgan fingerprint density at radius 1 is 1.59 bits per heavy atom. The normalized spacial score (nSPS) is 15.2. The molecule has 2 N–H and O–H groups in total. The van der Waals surface area contributed by atoms with E-state index in [1.165, 1.54) is 6.07 Å². The number of carboxylic acids is 1. The number of amides is 3. The second-order valence-electron chi connectivity index (χ2n) is 3.64. The Morgan fingerprint density at radius 2 is 2.29 bits per heavy atom. The third-order valence-electron chi connectivity index (χ3n) is 2.50. The number of aryl methyl sites for hydroxylation is 1. The highest BCUT2D eigenvalue weighted by atomic mass is 16.4. The molecule has 2 heterocycles. The molecule has 0 radical (unpaired) electrons. The topological polar surface area (TPSA) is 99.8 Å². The Balaban J connectivity index is 2.21. The molecule has 17 heavy (non-hydrogen) atoms. The zero-order valence-electron chi connectivity index (χ0n) is 9.02. The fourth-order valence-corrected chi connectivity index (χ4v) is 1.57. The number of carboxylic acid groups (broad SMARTS) is 1. The Kier molecular flexibility index (Phi) is 2.58. The largest absolute Gasteiger partial charge is 0.475 e. The van der Waals surface area contributed by atoms with Crippen LogP contribution in [0.5, 0.6) is 0 Å². The van der Waals surface area contributed by atoms with Crippen LogP contribution in [0.15, 0.2) is 10.5 Å². The molecule has 2 rings (SSSR count). The number of nitrogens with one attached hydrogen (secondary N) is 1. The van der Waals surface area contributed by atoms with Crippen molar-refractivity contribution in [2.45, 2.75) is 13.5 Å². The van der Waals surface area contributed by atoms with Gasteiger partial charge in [0.2, 0.25) is 11.7 Å². The van der Waals surface area contributed by atoms with Crippen LogP contribution in [0.4, 0.5) is 4.79 Å². The van der Waals surface area contributed by atoms with Crippen LogP contribution in [0.2, 0.25) is 0 Å². The summed E-state index contributed by atoms with van der Waals surface area (Å²) in [5.74, 6) is -1.34. The van der Waals surface area contributed by atoms with E-state index in [1.54, 1.807) is 6.92 Å². The first-order valence-electron chi connectivity index (χ1n) is 4.90. The van der Waals surface area contributed by atoms with Gasteiger partial charge in [-0.25, -0.2) is 9.59 Å². The number of furan rings is 1. The van der Waals surface area contributed by atoms with Crippen molar-refractivity contribution < 1.29 is 23.9 Å². The molecule has 1 aliphatic heterocycles. The van der Waals surface area contributed by atoms with Crippen LogP contribution < -0.4 is 5.32 Å². The molecule has 0 aliphatic carbocycles. The predicted molar refractivity (Wildman–Crippen MR) is 54.4 cm³/mol. The summed E-state index contributed by atoms with van der Waals surface area (Å²) in [6.07, 6.45) is 0. The van der Waals surface area contributed by atoms with Gasteiger partial charge in [-0.3, -0.25) is 9.69 Å². The van der Waals surface area contributed by atoms with Crippen LogP contribution in [0.1, 0.15) is 21.9 Å². The number of urea groups is 1. The van der Waals surface area contributed by atoms with E-state index >= 15 is 0 Å². The van der Waals surface area contributed by atoms with Crippen LogP contribution in [-0.4, -0.2) is 34.5 Å². The highest BCUT2D eigenvalue weighted by Gasteiger charge is 2.29. The van der Waals surface area contributed by atoms with Gasteiger partial charge in [-0.1, -0.05) is 0 Å². The molecule has 0 bridgehead atoms. The van der Waals surface area contributed by atoms with Gasteiger partial charge in [0.15, 0.2) is 0 Å². The average molecular weight is 238 g/mol. The molecule has 1 saturated heterocycles. The number of aromatic carboxylic acids is 1. The quantitative estimate of drug-likeness (QED) is 0.739. The van der Waals surface area contributed by atoms with E-state index in [1.807, 2.05) is 0 Å². The second-order valence-corrected chi connectivity index (χ2v) is 3.64. The smallest absolute Gasteiger partial charge is 0.371 e. The summed E-state index contributed by atoms with van der Waals surface area (Å²) in [6.45, 7) is 1.58. The Bertz CT molecular complexity index is 489. The Morgan fingerprint density at radius 3 is 2.76 bits per heavy atom. The van der Waals surface area contributed by atoms with Crippen molar-refractivity contribution in [3.8, 4) is 0 Å². The summed E-state index contributed by atoms with van der Waals surface area (Å²) >= 11 is 0. The molecule has 7 heteroatoms. The minimum Gasteiger partial charge on any atom is -0.475 e. The van der Waals surface area contributed by atoms with Crippen LogP contribution in [0.25, 0.3) is 0 Å². The van der Waals surface area contributed by atoms with E-state index in [0.29, 0.717) is 11.3 Å². The molecule has 90 valence electrons. The fourth-order valence-electron chi connectivity index (χ4n) is 1.57. The standard InChI is InChI=1S/C10H10N2O5/c1-5-6(2-7(17-5)9(14)15)4-12-8(13)3-11-10(12)16/h2H,3-4H2,1H3,(H,11,16)(H,14,15). The van der Waals surface area contributed by atoms with Gasteiger partial charge >= 0.3 is 12.0 Å². The summed E-state index contributed by atoms with van der Waals surface area (Å²) < 4.78 is 4.99. The fraction of sp³-hybridized carbons (Fsp3) is 0.300. The molecule has 1 aromatic rings. The highest BCUT2D eigenvalue weighted by molar-refractivity contribution is 6.01. The van der Waals surface area contributed by atoms with E-state index in [4.69, 9.17) is 9.52 Å². The van der Waals surface area contributed by atoms with Crippen molar-refractivity contribution >= 4 is 17.9 Å². The molecule has 1 fully saturated rings. The monoisotopic (exact) mass is 238 g/mol. The van der Waals surface area contributed by atoms with Crippen molar-refractivity contribution in [2.75, 3.05) is 6.54 Å². The van der Waals surface area contributed by atoms with Crippen LogP contribution in [0.3, 0.4) is 0 Å². The molecule has 0 spiro atoms. The minimum atomic E-state index is -1.18. The second kappa shape index (κ2) is 3.93.